The van der Waals surface area contributed by atoms with Crippen LogP contribution in [0.4, 0.5) is 23.3 Å². The summed E-state index contributed by atoms with van der Waals surface area (Å²) in [5.41, 5.74) is 1.52. The zero-order valence-electron chi connectivity index (χ0n) is 20.4. The summed E-state index contributed by atoms with van der Waals surface area (Å²) < 4.78 is 15.5. The van der Waals surface area contributed by atoms with Crippen molar-refractivity contribution in [2.45, 2.75) is 0 Å². The predicted octanol–water partition coefficient (Wildman–Crippen LogP) is 4.75. The fourth-order valence-corrected chi connectivity index (χ4v) is 3.30. The number of hydrogen-bond acceptors (Lipinski definition) is 8. The number of aromatic nitrogens is 2. The van der Waals surface area contributed by atoms with Crippen LogP contribution in [-0.4, -0.2) is 43.1 Å². The molecule has 0 spiro atoms. The van der Waals surface area contributed by atoms with E-state index in [1.807, 2.05) is 12.1 Å². The van der Waals surface area contributed by atoms with E-state index >= 15 is 0 Å². The Bertz CT molecular complexity index is 1290. The number of ether oxygens (including phenoxy) is 3. The second-order valence-electron chi connectivity index (χ2n) is 7.68. The molecule has 3 N–H and O–H groups in total. The number of rotatable bonds is 9. The van der Waals surface area contributed by atoms with Crippen molar-refractivity contribution < 1.29 is 23.8 Å². The van der Waals surface area contributed by atoms with Gasteiger partial charge < -0.3 is 24.8 Å². The Morgan fingerprint density at radius 2 is 1.03 bits per heavy atom. The number of amides is 2. The number of carbonyl (C=O) groups is 2. The highest BCUT2D eigenvalue weighted by molar-refractivity contribution is 6.05. The molecule has 2 amide bonds. The molecule has 0 bridgehead atoms. The molecule has 3 aromatic carbocycles. The normalized spacial score (nSPS) is 10.2. The third kappa shape index (κ3) is 6.51. The molecular formula is C27H25N5O5. The van der Waals surface area contributed by atoms with Crippen molar-refractivity contribution in [2.75, 3.05) is 37.3 Å². The lowest BCUT2D eigenvalue weighted by molar-refractivity contribution is 0.101. The van der Waals surface area contributed by atoms with E-state index in [0.717, 1.165) is 5.69 Å². The molecule has 1 aromatic heterocycles. The Hall–Kier alpha value is -5.12. The zero-order valence-corrected chi connectivity index (χ0v) is 20.4. The number of methoxy groups -OCH3 is 3. The van der Waals surface area contributed by atoms with E-state index in [4.69, 9.17) is 14.2 Å². The molecule has 10 heteroatoms. The van der Waals surface area contributed by atoms with Gasteiger partial charge in [-0.05, 0) is 72.8 Å². The smallest absolute Gasteiger partial charge is 0.258 e. The molecule has 0 saturated carbocycles. The first-order valence-electron chi connectivity index (χ1n) is 11.2. The van der Waals surface area contributed by atoms with E-state index in [1.54, 1.807) is 88.1 Å². The Morgan fingerprint density at radius 1 is 0.595 bits per heavy atom. The lowest BCUT2D eigenvalue weighted by atomic mass is 10.2. The average molecular weight is 500 g/mol. The summed E-state index contributed by atoms with van der Waals surface area (Å²) in [7, 11) is 4.68. The van der Waals surface area contributed by atoms with Crippen LogP contribution in [-0.2, 0) is 0 Å². The summed E-state index contributed by atoms with van der Waals surface area (Å²) >= 11 is 0. The topological polar surface area (TPSA) is 124 Å². The van der Waals surface area contributed by atoms with Crippen LogP contribution in [0.15, 0.2) is 78.9 Å². The minimum Gasteiger partial charge on any atom is -0.497 e. The molecule has 0 aliphatic rings. The molecular weight excluding hydrogens is 474 g/mol. The molecule has 4 aromatic rings. The van der Waals surface area contributed by atoms with Crippen LogP contribution in [0.2, 0.25) is 0 Å². The van der Waals surface area contributed by atoms with Gasteiger partial charge in [0.05, 0.1) is 21.3 Å². The van der Waals surface area contributed by atoms with E-state index in [0.29, 0.717) is 34.2 Å². The number of benzene rings is 3. The van der Waals surface area contributed by atoms with Gasteiger partial charge >= 0.3 is 0 Å². The highest BCUT2D eigenvalue weighted by atomic mass is 16.5. The van der Waals surface area contributed by atoms with E-state index in [2.05, 4.69) is 25.9 Å². The molecule has 4 rings (SSSR count). The third-order valence-corrected chi connectivity index (χ3v) is 5.26. The fourth-order valence-electron chi connectivity index (χ4n) is 3.30. The first-order valence-corrected chi connectivity index (χ1v) is 11.2. The van der Waals surface area contributed by atoms with Gasteiger partial charge in [0.2, 0.25) is 5.95 Å². The predicted molar refractivity (Wildman–Crippen MR) is 140 cm³/mol. The molecule has 0 atom stereocenters. The standard InChI is InChI=1S/C27H25N5O5/c1-35-20-10-4-17(5-11-20)25(33)29-24-16-23(28-19-8-14-22(37-3)15-9-19)30-27(31-24)32-26(34)18-6-12-21(36-2)13-7-18/h4-16H,1-3H3,(H3,28,29,30,31,32,33,34). The van der Waals surface area contributed by atoms with Crippen LogP contribution in [0.5, 0.6) is 17.2 Å². The van der Waals surface area contributed by atoms with Crippen molar-refractivity contribution in [2.24, 2.45) is 0 Å². The van der Waals surface area contributed by atoms with Crippen molar-refractivity contribution in [3.8, 4) is 17.2 Å². The lowest BCUT2D eigenvalue weighted by Gasteiger charge is -2.12. The van der Waals surface area contributed by atoms with Crippen LogP contribution in [0.3, 0.4) is 0 Å². The molecule has 37 heavy (non-hydrogen) atoms. The van der Waals surface area contributed by atoms with Gasteiger partial charge in [-0.1, -0.05) is 0 Å². The molecule has 0 unspecified atom stereocenters. The summed E-state index contributed by atoms with van der Waals surface area (Å²) in [6.07, 6.45) is 0. The van der Waals surface area contributed by atoms with Gasteiger partial charge in [-0.3, -0.25) is 14.9 Å². The summed E-state index contributed by atoms with van der Waals surface area (Å²) in [6.45, 7) is 0. The molecule has 188 valence electrons. The Kier molecular flexibility index (Phi) is 7.79. The largest absolute Gasteiger partial charge is 0.497 e. The maximum Gasteiger partial charge on any atom is 0.258 e. The monoisotopic (exact) mass is 499 g/mol. The van der Waals surface area contributed by atoms with Crippen LogP contribution in [0.25, 0.3) is 0 Å². The second kappa shape index (κ2) is 11.5. The van der Waals surface area contributed by atoms with Crippen LogP contribution in [0.1, 0.15) is 20.7 Å². The molecule has 0 radical (unpaired) electrons. The van der Waals surface area contributed by atoms with Crippen molar-refractivity contribution in [1.29, 1.82) is 0 Å². The molecule has 0 aliphatic heterocycles. The van der Waals surface area contributed by atoms with Crippen molar-refractivity contribution in [3.63, 3.8) is 0 Å². The number of nitrogens with zero attached hydrogens (tertiary/aromatic N) is 2. The summed E-state index contributed by atoms with van der Waals surface area (Å²) in [6, 6.07) is 22.0. The van der Waals surface area contributed by atoms with E-state index in [9.17, 15) is 9.59 Å². The van der Waals surface area contributed by atoms with Crippen LogP contribution in [0, 0.1) is 0 Å². The second-order valence-corrected chi connectivity index (χ2v) is 7.68. The first-order chi connectivity index (χ1) is 18.0. The van der Waals surface area contributed by atoms with Crippen molar-refractivity contribution in [1.82, 2.24) is 9.97 Å². The third-order valence-electron chi connectivity index (χ3n) is 5.26. The summed E-state index contributed by atoms with van der Waals surface area (Å²) in [4.78, 5) is 34.3. The van der Waals surface area contributed by atoms with Gasteiger partial charge in [0.15, 0.2) is 0 Å². The Labute approximate surface area is 213 Å². The van der Waals surface area contributed by atoms with Gasteiger partial charge in [0.25, 0.3) is 11.8 Å². The Balaban J connectivity index is 1.59. The molecule has 1 heterocycles. The Morgan fingerprint density at radius 3 is 1.51 bits per heavy atom. The number of anilines is 4. The van der Waals surface area contributed by atoms with Crippen LogP contribution >= 0.6 is 0 Å². The highest BCUT2D eigenvalue weighted by Crippen LogP contribution is 2.23. The van der Waals surface area contributed by atoms with E-state index < -0.39 is 5.91 Å². The SMILES string of the molecule is COc1ccc(Nc2cc(NC(=O)c3ccc(OC)cc3)nc(NC(=O)c3ccc(OC)cc3)n2)cc1. The number of nitrogens with one attached hydrogen (secondary N) is 3. The summed E-state index contributed by atoms with van der Waals surface area (Å²) in [5.74, 6) is 1.71. The molecule has 0 saturated heterocycles. The van der Waals surface area contributed by atoms with Gasteiger partial charge in [-0.25, -0.2) is 0 Å². The molecule has 0 aliphatic carbocycles. The average Bonchev–Trinajstić information content (AvgIpc) is 2.93. The number of hydrogen-bond donors (Lipinski definition) is 3. The first kappa shape index (κ1) is 25.0. The summed E-state index contributed by atoms with van der Waals surface area (Å²) in [5, 5.41) is 8.58. The van der Waals surface area contributed by atoms with Crippen LogP contribution < -0.4 is 30.2 Å². The lowest BCUT2D eigenvalue weighted by Crippen LogP contribution is -2.17. The highest BCUT2D eigenvalue weighted by Gasteiger charge is 2.14. The van der Waals surface area contributed by atoms with Gasteiger partial charge in [0, 0.05) is 22.9 Å². The van der Waals surface area contributed by atoms with Gasteiger partial charge in [0.1, 0.15) is 28.9 Å². The maximum atomic E-state index is 12.8. The number of carbonyl (C=O) groups excluding carboxylic acids is 2. The fraction of sp³-hybridized carbons (Fsp3) is 0.111. The molecule has 0 fully saturated rings. The quantitative estimate of drug-likeness (QED) is 0.301. The van der Waals surface area contributed by atoms with Gasteiger partial charge in [-0.2, -0.15) is 9.97 Å². The van der Waals surface area contributed by atoms with Crippen molar-refractivity contribution >= 4 is 35.1 Å². The zero-order chi connectivity index (χ0) is 26.2. The van der Waals surface area contributed by atoms with Gasteiger partial charge in [-0.15, -0.1) is 0 Å². The van der Waals surface area contributed by atoms with E-state index in [-0.39, 0.29) is 17.7 Å². The van der Waals surface area contributed by atoms with Crippen molar-refractivity contribution in [3.05, 3.63) is 90.0 Å². The minimum atomic E-state index is -0.420. The molecule has 10 nitrogen and oxygen atoms in total. The van der Waals surface area contributed by atoms with E-state index in [1.165, 1.54) is 0 Å². The minimum absolute atomic E-state index is 0.00404. The maximum absolute atomic E-state index is 12.8.